The summed E-state index contributed by atoms with van der Waals surface area (Å²) in [5, 5.41) is 0. The third-order valence-corrected chi connectivity index (χ3v) is 4.62. The van der Waals surface area contributed by atoms with Gasteiger partial charge in [0.1, 0.15) is 0 Å². The van der Waals surface area contributed by atoms with E-state index in [-0.39, 0.29) is 18.1 Å². The van der Waals surface area contributed by atoms with Gasteiger partial charge in [0.05, 0.1) is 24.4 Å². The molecule has 1 aliphatic heterocycles. The van der Waals surface area contributed by atoms with Crippen LogP contribution >= 0.6 is 0 Å². The van der Waals surface area contributed by atoms with E-state index >= 15 is 0 Å². The zero-order valence-corrected chi connectivity index (χ0v) is 12.5. The molecule has 1 aliphatic carbocycles. The molecule has 3 N–H and O–H groups in total. The molecule has 21 heavy (non-hydrogen) atoms. The third-order valence-electron chi connectivity index (χ3n) is 4.62. The summed E-state index contributed by atoms with van der Waals surface area (Å²) in [5.74, 6) is 5.56. The van der Waals surface area contributed by atoms with Crippen LogP contribution in [0.2, 0.25) is 0 Å². The fourth-order valence-corrected chi connectivity index (χ4v) is 3.47. The highest BCUT2D eigenvalue weighted by atomic mass is 16.5. The average Bonchev–Trinajstić information content (AvgIpc) is 2.53. The fraction of sp³-hybridized carbons (Fsp3) is 0.562. The number of anilines is 1. The van der Waals surface area contributed by atoms with E-state index in [2.05, 4.69) is 5.43 Å². The van der Waals surface area contributed by atoms with E-state index in [1.807, 2.05) is 30.0 Å². The number of carbonyl (C=O) groups excluding carboxylic acids is 1. The van der Waals surface area contributed by atoms with E-state index in [1.165, 1.54) is 12.8 Å². The lowest BCUT2D eigenvalue weighted by Crippen LogP contribution is -2.54. The van der Waals surface area contributed by atoms with Crippen molar-refractivity contribution < 1.29 is 9.53 Å². The summed E-state index contributed by atoms with van der Waals surface area (Å²) in [7, 11) is 0. The molecule has 2 unspecified atom stereocenters. The van der Waals surface area contributed by atoms with Gasteiger partial charge in [-0.05, 0) is 43.5 Å². The monoisotopic (exact) mass is 289 g/mol. The molecule has 5 heteroatoms. The number of nitrogens with two attached hydrogens (primary N) is 1. The van der Waals surface area contributed by atoms with Crippen LogP contribution < -0.4 is 11.3 Å². The number of fused-ring (bicyclic) bond motifs is 1. The zero-order valence-electron chi connectivity index (χ0n) is 12.5. The van der Waals surface area contributed by atoms with Gasteiger partial charge in [-0.25, -0.2) is 0 Å². The minimum Gasteiger partial charge on any atom is -0.374 e. The number of nitrogens with zero attached hydrogens (tertiary/aromatic N) is 1. The Morgan fingerprint density at radius 1 is 1.38 bits per heavy atom. The number of hydrogen-bond acceptors (Lipinski definition) is 4. The Balaban J connectivity index is 1.81. The Bertz CT molecular complexity index is 530. The number of hydrazine groups is 1. The molecule has 0 radical (unpaired) electrons. The van der Waals surface area contributed by atoms with Crippen molar-refractivity contribution in [1.29, 1.82) is 0 Å². The highest BCUT2D eigenvalue weighted by Crippen LogP contribution is 2.29. The second kappa shape index (κ2) is 6.03. The second-order valence-corrected chi connectivity index (χ2v) is 5.93. The van der Waals surface area contributed by atoms with Gasteiger partial charge in [-0.1, -0.05) is 12.8 Å². The number of amides is 1. The van der Waals surface area contributed by atoms with Crippen molar-refractivity contribution in [1.82, 2.24) is 4.90 Å². The molecule has 1 saturated carbocycles. The fourth-order valence-electron chi connectivity index (χ4n) is 3.47. The van der Waals surface area contributed by atoms with Gasteiger partial charge < -0.3 is 15.1 Å². The first-order valence-electron chi connectivity index (χ1n) is 7.70. The summed E-state index contributed by atoms with van der Waals surface area (Å²) in [5.41, 5.74) is 5.21. The second-order valence-electron chi connectivity index (χ2n) is 5.93. The van der Waals surface area contributed by atoms with E-state index in [9.17, 15) is 4.79 Å². The number of nitrogens with one attached hydrogen (secondary N) is 1. The molecular weight excluding hydrogens is 266 g/mol. The minimum absolute atomic E-state index is 0.113. The Morgan fingerprint density at radius 2 is 2.19 bits per heavy atom. The molecule has 1 aromatic carbocycles. The number of nitrogen functional groups attached to an aromatic ring is 1. The Kier molecular flexibility index (Phi) is 4.12. The van der Waals surface area contributed by atoms with Crippen molar-refractivity contribution in [3.63, 3.8) is 0 Å². The van der Waals surface area contributed by atoms with Gasteiger partial charge in [0.2, 0.25) is 0 Å². The molecule has 1 amide bonds. The summed E-state index contributed by atoms with van der Waals surface area (Å²) in [6.07, 6.45) is 4.74. The quantitative estimate of drug-likeness (QED) is 0.646. The van der Waals surface area contributed by atoms with Crippen LogP contribution in [0.25, 0.3) is 0 Å². The first-order chi connectivity index (χ1) is 10.2. The summed E-state index contributed by atoms with van der Waals surface area (Å²) < 4.78 is 5.84. The molecule has 1 saturated heterocycles. The highest BCUT2D eigenvalue weighted by molar-refractivity contribution is 5.95. The number of aryl methyl sites for hydroxylation is 1. The molecule has 0 bridgehead atoms. The molecule has 1 aromatic rings. The summed E-state index contributed by atoms with van der Waals surface area (Å²) in [4.78, 5) is 14.8. The number of rotatable bonds is 2. The number of hydrogen-bond donors (Lipinski definition) is 2. The van der Waals surface area contributed by atoms with Gasteiger partial charge in [-0.3, -0.25) is 10.6 Å². The highest BCUT2D eigenvalue weighted by Gasteiger charge is 2.36. The lowest BCUT2D eigenvalue weighted by Gasteiger charge is -2.43. The van der Waals surface area contributed by atoms with Crippen molar-refractivity contribution in [2.75, 3.05) is 18.6 Å². The van der Waals surface area contributed by atoms with Gasteiger partial charge in [0.15, 0.2) is 0 Å². The molecule has 0 aromatic heterocycles. The number of carbonyl (C=O) groups is 1. The molecular formula is C16H23N3O2. The lowest BCUT2D eigenvalue weighted by molar-refractivity contribution is -0.0752. The van der Waals surface area contributed by atoms with Crippen LogP contribution in [-0.2, 0) is 4.74 Å². The molecule has 5 nitrogen and oxygen atoms in total. The maximum absolute atomic E-state index is 12.8. The average molecular weight is 289 g/mol. The standard InChI is InChI=1S/C16H23N3O2/c1-11-10-12(6-7-13(11)18-17)16(20)19-8-9-21-15-5-3-2-4-14(15)19/h6-7,10,14-15,18H,2-5,8-9,17H2,1H3. The molecule has 1 heterocycles. The third kappa shape index (κ3) is 2.76. The Labute approximate surface area is 125 Å². The molecule has 2 aliphatic rings. The van der Waals surface area contributed by atoms with Gasteiger partial charge in [-0.15, -0.1) is 0 Å². The first kappa shape index (κ1) is 14.4. The van der Waals surface area contributed by atoms with Crippen LogP contribution in [0.5, 0.6) is 0 Å². The van der Waals surface area contributed by atoms with Gasteiger partial charge in [0, 0.05) is 12.1 Å². The minimum atomic E-state index is 0.113. The first-order valence-corrected chi connectivity index (χ1v) is 7.70. The van der Waals surface area contributed by atoms with Crippen LogP contribution in [0.4, 0.5) is 5.69 Å². The summed E-state index contributed by atoms with van der Waals surface area (Å²) >= 11 is 0. The SMILES string of the molecule is Cc1cc(C(=O)N2CCOC3CCCCC32)ccc1NN. The van der Waals surface area contributed by atoms with Gasteiger partial charge >= 0.3 is 0 Å². The van der Waals surface area contributed by atoms with Crippen molar-refractivity contribution in [2.45, 2.75) is 44.8 Å². The normalized spacial score (nSPS) is 25.3. The lowest BCUT2D eigenvalue weighted by atomic mass is 9.89. The maximum atomic E-state index is 12.8. The predicted octanol–water partition coefficient (Wildman–Crippen LogP) is 2.06. The topological polar surface area (TPSA) is 67.6 Å². The van der Waals surface area contributed by atoms with Crippen LogP contribution in [0.3, 0.4) is 0 Å². The van der Waals surface area contributed by atoms with Crippen LogP contribution in [0, 0.1) is 6.92 Å². The van der Waals surface area contributed by atoms with Crippen LogP contribution in [0.1, 0.15) is 41.6 Å². The summed E-state index contributed by atoms with van der Waals surface area (Å²) in [6, 6.07) is 5.86. The number of benzene rings is 1. The van der Waals surface area contributed by atoms with E-state index < -0.39 is 0 Å². The summed E-state index contributed by atoms with van der Waals surface area (Å²) in [6.45, 7) is 3.29. The zero-order chi connectivity index (χ0) is 14.8. The van der Waals surface area contributed by atoms with Crippen molar-refractivity contribution in [2.24, 2.45) is 5.84 Å². The predicted molar refractivity (Wildman–Crippen MR) is 82.0 cm³/mol. The van der Waals surface area contributed by atoms with E-state index in [0.717, 1.165) is 29.7 Å². The molecule has 3 rings (SSSR count). The molecule has 114 valence electrons. The van der Waals surface area contributed by atoms with E-state index in [0.29, 0.717) is 13.2 Å². The number of ether oxygens (including phenoxy) is 1. The van der Waals surface area contributed by atoms with Gasteiger partial charge in [-0.2, -0.15) is 0 Å². The number of morpholine rings is 1. The van der Waals surface area contributed by atoms with Crippen molar-refractivity contribution in [3.05, 3.63) is 29.3 Å². The van der Waals surface area contributed by atoms with Crippen LogP contribution in [-0.4, -0.2) is 36.1 Å². The largest absolute Gasteiger partial charge is 0.374 e. The molecule has 2 atom stereocenters. The van der Waals surface area contributed by atoms with E-state index in [4.69, 9.17) is 10.6 Å². The van der Waals surface area contributed by atoms with Crippen LogP contribution in [0.15, 0.2) is 18.2 Å². The maximum Gasteiger partial charge on any atom is 0.254 e. The van der Waals surface area contributed by atoms with E-state index in [1.54, 1.807) is 0 Å². The molecule has 2 fully saturated rings. The Morgan fingerprint density at radius 3 is 2.95 bits per heavy atom. The Hall–Kier alpha value is -1.59. The van der Waals surface area contributed by atoms with Crippen molar-refractivity contribution >= 4 is 11.6 Å². The van der Waals surface area contributed by atoms with Crippen molar-refractivity contribution in [3.8, 4) is 0 Å². The van der Waals surface area contributed by atoms with Gasteiger partial charge in [0.25, 0.3) is 5.91 Å². The smallest absolute Gasteiger partial charge is 0.254 e. The molecule has 0 spiro atoms.